The number of hydrogen-bond donors (Lipinski definition) is 1. The van der Waals surface area contributed by atoms with Crippen molar-refractivity contribution in [2.75, 3.05) is 13.7 Å². The van der Waals surface area contributed by atoms with Gasteiger partial charge in [-0.2, -0.15) is 0 Å². The highest BCUT2D eigenvalue weighted by molar-refractivity contribution is 6.31. The highest BCUT2D eigenvalue weighted by Crippen LogP contribution is 2.30. The summed E-state index contributed by atoms with van der Waals surface area (Å²) < 4.78 is 10.3. The molecule has 2 aromatic rings. The summed E-state index contributed by atoms with van der Waals surface area (Å²) in [6, 6.07) is 11.2. The lowest BCUT2D eigenvalue weighted by atomic mass is 10.2. The van der Waals surface area contributed by atoms with E-state index >= 15 is 0 Å². The van der Waals surface area contributed by atoms with Crippen molar-refractivity contribution in [3.05, 3.63) is 63.2 Å². The first-order valence-electron chi connectivity index (χ1n) is 6.96. The third-order valence-electron chi connectivity index (χ3n) is 3.15. The molecule has 0 aromatic heterocycles. The molecule has 126 valence electrons. The van der Waals surface area contributed by atoms with E-state index in [-0.39, 0.29) is 30.5 Å². The van der Waals surface area contributed by atoms with E-state index in [0.717, 1.165) is 5.56 Å². The van der Waals surface area contributed by atoms with E-state index in [9.17, 15) is 14.9 Å². The molecular formula is C16H15ClN2O5. The Morgan fingerprint density at radius 3 is 2.71 bits per heavy atom. The quantitative estimate of drug-likeness (QED) is 0.612. The normalized spacial score (nSPS) is 10.1. The lowest BCUT2D eigenvalue weighted by Crippen LogP contribution is -2.28. The molecule has 0 aliphatic heterocycles. The van der Waals surface area contributed by atoms with Crippen LogP contribution >= 0.6 is 11.6 Å². The van der Waals surface area contributed by atoms with Gasteiger partial charge in [-0.15, -0.1) is 0 Å². The molecule has 1 N–H and O–H groups in total. The number of amides is 1. The van der Waals surface area contributed by atoms with Gasteiger partial charge in [-0.25, -0.2) is 0 Å². The third kappa shape index (κ3) is 4.60. The summed E-state index contributed by atoms with van der Waals surface area (Å²) >= 11 is 6.00. The molecule has 0 heterocycles. The number of benzene rings is 2. The monoisotopic (exact) mass is 350 g/mol. The summed E-state index contributed by atoms with van der Waals surface area (Å²) in [5, 5.41) is 14.1. The smallest absolute Gasteiger partial charge is 0.311 e. The van der Waals surface area contributed by atoms with E-state index in [1.807, 2.05) is 12.1 Å². The minimum atomic E-state index is -0.557. The Morgan fingerprint density at radius 2 is 2.04 bits per heavy atom. The molecule has 0 spiro atoms. The average Bonchev–Trinajstić information content (AvgIpc) is 2.58. The second-order valence-corrected chi connectivity index (χ2v) is 5.15. The van der Waals surface area contributed by atoms with E-state index in [1.165, 1.54) is 25.3 Å². The van der Waals surface area contributed by atoms with Crippen LogP contribution in [0.15, 0.2) is 42.5 Å². The SMILES string of the molecule is COc1cc(OCC(=O)NCc2ccccc2Cl)ccc1[N+](=O)[O-]. The van der Waals surface area contributed by atoms with E-state index in [1.54, 1.807) is 12.1 Å². The molecule has 2 rings (SSSR count). The molecule has 0 bridgehead atoms. The van der Waals surface area contributed by atoms with Crippen molar-refractivity contribution in [2.24, 2.45) is 0 Å². The molecule has 0 saturated carbocycles. The van der Waals surface area contributed by atoms with Gasteiger partial charge in [-0.3, -0.25) is 14.9 Å². The first kappa shape index (κ1) is 17.6. The largest absolute Gasteiger partial charge is 0.490 e. The standard InChI is InChI=1S/C16H15ClN2O5/c1-23-15-8-12(6-7-14(15)19(21)22)24-10-16(20)18-9-11-4-2-3-5-13(11)17/h2-8H,9-10H2,1H3,(H,18,20). The van der Waals surface area contributed by atoms with Crippen LogP contribution in [-0.2, 0) is 11.3 Å². The second-order valence-electron chi connectivity index (χ2n) is 4.75. The van der Waals surface area contributed by atoms with Crippen LogP contribution in [0.1, 0.15) is 5.56 Å². The van der Waals surface area contributed by atoms with Crippen molar-refractivity contribution in [3.63, 3.8) is 0 Å². The number of nitro groups is 1. The highest BCUT2D eigenvalue weighted by atomic mass is 35.5. The van der Waals surface area contributed by atoms with E-state index in [4.69, 9.17) is 21.1 Å². The van der Waals surface area contributed by atoms with Gasteiger partial charge < -0.3 is 14.8 Å². The molecule has 0 unspecified atom stereocenters. The summed E-state index contributed by atoms with van der Waals surface area (Å²) in [5.74, 6) is 0.0200. The molecule has 0 aliphatic rings. The van der Waals surface area contributed by atoms with E-state index < -0.39 is 4.92 Å². The summed E-state index contributed by atoms with van der Waals surface area (Å²) in [4.78, 5) is 22.1. The van der Waals surface area contributed by atoms with Crippen molar-refractivity contribution in [1.82, 2.24) is 5.32 Å². The maximum atomic E-state index is 11.8. The van der Waals surface area contributed by atoms with Gasteiger partial charge in [0.05, 0.1) is 12.0 Å². The predicted molar refractivity (Wildman–Crippen MR) is 88.4 cm³/mol. The zero-order chi connectivity index (χ0) is 17.5. The number of carbonyl (C=O) groups is 1. The molecule has 0 radical (unpaired) electrons. The van der Waals surface area contributed by atoms with Gasteiger partial charge in [0.2, 0.25) is 5.75 Å². The lowest BCUT2D eigenvalue weighted by Gasteiger charge is -2.09. The molecule has 7 nitrogen and oxygen atoms in total. The Hall–Kier alpha value is -2.80. The zero-order valence-electron chi connectivity index (χ0n) is 12.8. The second kappa shape index (κ2) is 8.16. The molecule has 24 heavy (non-hydrogen) atoms. The van der Waals surface area contributed by atoms with Crippen LogP contribution in [0.5, 0.6) is 11.5 Å². The van der Waals surface area contributed by atoms with Gasteiger partial charge in [0, 0.05) is 23.7 Å². The number of methoxy groups -OCH3 is 1. The number of hydrogen-bond acceptors (Lipinski definition) is 5. The molecule has 8 heteroatoms. The zero-order valence-corrected chi connectivity index (χ0v) is 13.6. The summed E-state index contributed by atoms with van der Waals surface area (Å²) in [6.07, 6.45) is 0. The molecule has 0 saturated heterocycles. The van der Waals surface area contributed by atoms with E-state index in [2.05, 4.69) is 5.32 Å². The molecule has 1 amide bonds. The minimum absolute atomic E-state index is 0.0639. The highest BCUT2D eigenvalue weighted by Gasteiger charge is 2.15. The van der Waals surface area contributed by atoms with Crippen molar-refractivity contribution < 1.29 is 19.2 Å². The first-order chi connectivity index (χ1) is 11.5. The summed E-state index contributed by atoms with van der Waals surface area (Å²) in [5.41, 5.74) is 0.623. The van der Waals surface area contributed by atoms with Crippen LogP contribution in [-0.4, -0.2) is 24.5 Å². The van der Waals surface area contributed by atoms with Crippen molar-refractivity contribution in [3.8, 4) is 11.5 Å². The molecule has 2 aromatic carbocycles. The average molecular weight is 351 g/mol. The minimum Gasteiger partial charge on any atom is -0.490 e. The van der Waals surface area contributed by atoms with Gasteiger partial charge >= 0.3 is 5.69 Å². The van der Waals surface area contributed by atoms with Gasteiger partial charge in [-0.05, 0) is 17.7 Å². The number of nitrogens with zero attached hydrogens (tertiary/aromatic N) is 1. The number of nitrogens with one attached hydrogen (secondary N) is 1. The van der Waals surface area contributed by atoms with Crippen LogP contribution in [0.2, 0.25) is 5.02 Å². The topological polar surface area (TPSA) is 90.7 Å². The van der Waals surface area contributed by atoms with Crippen LogP contribution in [0, 0.1) is 10.1 Å². The van der Waals surface area contributed by atoms with Crippen molar-refractivity contribution in [1.29, 1.82) is 0 Å². The third-order valence-corrected chi connectivity index (χ3v) is 3.52. The van der Waals surface area contributed by atoms with Crippen molar-refractivity contribution >= 4 is 23.2 Å². The fourth-order valence-corrected chi connectivity index (χ4v) is 2.14. The Bertz CT molecular complexity index is 751. The Morgan fingerprint density at radius 1 is 1.29 bits per heavy atom. The van der Waals surface area contributed by atoms with Gasteiger partial charge in [0.15, 0.2) is 6.61 Å². The maximum absolute atomic E-state index is 11.8. The molecule has 0 atom stereocenters. The number of ether oxygens (including phenoxy) is 2. The Balaban J connectivity index is 1.90. The number of nitro benzene ring substituents is 1. The van der Waals surface area contributed by atoms with E-state index in [0.29, 0.717) is 10.8 Å². The summed E-state index contributed by atoms with van der Waals surface area (Å²) in [6.45, 7) is 0.0524. The van der Waals surface area contributed by atoms with Crippen LogP contribution < -0.4 is 14.8 Å². The fraction of sp³-hybridized carbons (Fsp3) is 0.188. The van der Waals surface area contributed by atoms with Crippen LogP contribution in [0.25, 0.3) is 0 Å². The Labute approximate surface area is 143 Å². The maximum Gasteiger partial charge on any atom is 0.311 e. The van der Waals surface area contributed by atoms with Gasteiger partial charge in [0.25, 0.3) is 5.91 Å². The Kier molecular flexibility index (Phi) is 5.97. The van der Waals surface area contributed by atoms with Crippen LogP contribution in [0.3, 0.4) is 0 Å². The molecule has 0 fully saturated rings. The molecular weight excluding hydrogens is 336 g/mol. The summed E-state index contributed by atoms with van der Waals surface area (Å²) in [7, 11) is 1.32. The van der Waals surface area contributed by atoms with Gasteiger partial charge in [-0.1, -0.05) is 29.8 Å². The lowest BCUT2D eigenvalue weighted by molar-refractivity contribution is -0.385. The number of halogens is 1. The van der Waals surface area contributed by atoms with Gasteiger partial charge in [0.1, 0.15) is 5.75 Å². The fourth-order valence-electron chi connectivity index (χ4n) is 1.93. The number of carbonyl (C=O) groups excluding carboxylic acids is 1. The molecule has 0 aliphatic carbocycles. The first-order valence-corrected chi connectivity index (χ1v) is 7.34. The predicted octanol–water partition coefficient (Wildman–Crippen LogP) is 2.95. The number of rotatable bonds is 7. The van der Waals surface area contributed by atoms with Crippen LogP contribution in [0.4, 0.5) is 5.69 Å². The van der Waals surface area contributed by atoms with Crippen molar-refractivity contribution in [2.45, 2.75) is 6.54 Å².